The maximum Gasteiger partial charge on any atom is 0.416 e. The number of para-hydroxylation sites is 1. The highest BCUT2D eigenvalue weighted by Crippen LogP contribution is 2.39. The number of carbonyl (C=O) groups excluding carboxylic acids is 1. The van der Waals surface area contributed by atoms with E-state index in [0.29, 0.717) is 35.3 Å². The lowest BCUT2D eigenvalue weighted by Gasteiger charge is -2.30. The average Bonchev–Trinajstić information content (AvgIpc) is 3.93. The molecule has 2 aliphatic carbocycles. The Labute approximate surface area is 268 Å². The summed E-state index contributed by atoms with van der Waals surface area (Å²) in [6.45, 7) is 4.49. The molecule has 5 rings (SSSR count). The van der Waals surface area contributed by atoms with Crippen molar-refractivity contribution >= 4 is 28.6 Å². The smallest absolute Gasteiger partial charge is 0.416 e. The van der Waals surface area contributed by atoms with Crippen molar-refractivity contribution in [2.75, 3.05) is 31.1 Å². The Hall–Kier alpha value is -4.23. The molecule has 0 amide bonds. The number of fused-ring (bicyclic) bond motifs is 1. The quantitative estimate of drug-likeness (QED) is 0.0700. The average molecular weight is 665 g/mol. The van der Waals surface area contributed by atoms with Gasteiger partial charge in [0.2, 0.25) is 5.96 Å². The fourth-order valence-corrected chi connectivity index (χ4v) is 5.46. The Kier molecular flexibility index (Phi) is 10.1. The lowest BCUT2D eigenvalue weighted by molar-refractivity contribution is -0.143. The molecule has 14 heteroatoms. The predicted molar refractivity (Wildman–Crippen MR) is 166 cm³/mol. The summed E-state index contributed by atoms with van der Waals surface area (Å²) < 4.78 is 87.2. The SMILES string of the molecule is CCOC(=O)CN/N=C(\N)N(Cc1cc(C(F)(F)F)cc(C(F)(F)F)c1)Cc1cc2cccc(C)c2nc1N(CC1CC1)CC1CC1. The molecule has 1 aromatic heterocycles. The molecule has 2 aromatic carbocycles. The van der Waals surface area contributed by atoms with Crippen molar-refractivity contribution in [3.63, 3.8) is 0 Å². The Bertz CT molecular complexity index is 1570. The number of hydrazone groups is 1. The standard InChI is InChI=1S/C33H38F6N6O2/c1-3-47-28(46)15-41-43-31(40)45(18-23-11-26(32(34,35)36)14-27(12-23)33(37,38)39)19-25-13-24-6-4-5-20(2)29(24)42-30(25)44(16-21-7-8-21)17-22-9-10-22/h4-6,11-14,21-22,41H,3,7-10,15-19H2,1-2H3,(H2,40,43). The summed E-state index contributed by atoms with van der Waals surface area (Å²) in [6.07, 6.45) is -5.59. The summed E-state index contributed by atoms with van der Waals surface area (Å²) in [7, 11) is 0. The molecular formula is C33H38F6N6O2. The number of nitrogens with zero attached hydrogens (tertiary/aromatic N) is 4. The minimum absolute atomic E-state index is 0.0356. The number of nitrogens with one attached hydrogen (secondary N) is 1. The Morgan fingerprint density at radius 2 is 1.60 bits per heavy atom. The third kappa shape index (κ3) is 9.19. The van der Waals surface area contributed by atoms with E-state index in [-0.39, 0.29) is 37.3 Å². The number of alkyl halides is 6. The molecule has 0 atom stereocenters. The van der Waals surface area contributed by atoms with Gasteiger partial charge in [-0.2, -0.15) is 26.3 Å². The van der Waals surface area contributed by atoms with Crippen LogP contribution in [0.3, 0.4) is 0 Å². The molecule has 2 saturated carbocycles. The second kappa shape index (κ2) is 13.9. The minimum Gasteiger partial charge on any atom is -0.465 e. The third-order valence-corrected chi connectivity index (χ3v) is 8.18. The van der Waals surface area contributed by atoms with Crippen LogP contribution in [0.15, 0.2) is 47.6 Å². The van der Waals surface area contributed by atoms with Crippen LogP contribution in [0, 0.1) is 18.8 Å². The molecular weight excluding hydrogens is 626 g/mol. The van der Waals surface area contributed by atoms with Gasteiger partial charge >= 0.3 is 18.3 Å². The monoisotopic (exact) mass is 664 g/mol. The zero-order valence-electron chi connectivity index (χ0n) is 26.2. The van der Waals surface area contributed by atoms with Crippen LogP contribution in [0.2, 0.25) is 0 Å². The number of hydrogen-bond acceptors (Lipinski definition) is 6. The van der Waals surface area contributed by atoms with E-state index in [2.05, 4.69) is 15.4 Å². The zero-order chi connectivity index (χ0) is 33.9. The molecule has 2 aliphatic rings. The summed E-state index contributed by atoms with van der Waals surface area (Å²) in [6, 6.07) is 9.14. The number of guanidine groups is 1. The first kappa shape index (κ1) is 34.1. The van der Waals surface area contributed by atoms with E-state index in [4.69, 9.17) is 15.5 Å². The first-order valence-corrected chi connectivity index (χ1v) is 15.6. The minimum atomic E-state index is -5.01. The van der Waals surface area contributed by atoms with Gasteiger partial charge in [0.15, 0.2) is 0 Å². The number of halogens is 6. The number of rotatable bonds is 13. The maximum atomic E-state index is 13.7. The van der Waals surface area contributed by atoms with Crippen molar-refractivity contribution in [2.24, 2.45) is 22.7 Å². The van der Waals surface area contributed by atoms with Crippen LogP contribution in [0.4, 0.5) is 32.2 Å². The van der Waals surface area contributed by atoms with Crippen LogP contribution in [-0.4, -0.2) is 48.1 Å². The van der Waals surface area contributed by atoms with Crippen LogP contribution < -0.4 is 16.1 Å². The number of ether oxygens (including phenoxy) is 1. The zero-order valence-corrected chi connectivity index (χ0v) is 26.2. The van der Waals surface area contributed by atoms with Crippen LogP contribution in [0.25, 0.3) is 10.9 Å². The van der Waals surface area contributed by atoms with Crippen molar-refractivity contribution in [1.82, 2.24) is 15.3 Å². The van der Waals surface area contributed by atoms with Gasteiger partial charge in [-0.05, 0) is 86.8 Å². The van der Waals surface area contributed by atoms with Gasteiger partial charge in [0.05, 0.1) is 23.3 Å². The van der Waals surface area contributed by atoms with E-state index in [0.717, 1.165) is 55.2 Å². The highest BCUT2D eigenvalue weighted by Gasteiger charge is 2.37. The fourth-order valence-electron chi connectivity index (χ4n) is 5.46. The third-order valence-electron chi connectivity index (χ3n) is 8.18. The van der Waals surface area contributed by atoms with E-state index in [9.17, 15) is 31.1 Å². The van der Waals surface area contributed by atoms with Crippen molar-refractivity contribution < 1.29 is 35.9 Å². The van der Waals surface area contributed by atoms with E-state index in [1.165, 1.54) is 4.90 Å². The molecule has 0 bridgehead atoms. The van der Waals surface area contributed by atoms with Gasteiger partial charge in [-0.1, -0.05) is 18.2 Å². The molecule has 254 valence electrons. The number of benzene rings is 2. The van der Waals surface area contributed by atoms with Gasteiger partial charge in [-0.15, -0.1) is 5.10 Å². The molecule has 2 fully saturated rings. The van der Waals surface area contributed by atoms with Crippen LogP contribution in [0.1, 0.15) is 60.4 Å². The van der Waals surface area contributed by atoms with Crippen molar-refractivity contribution in [3.05, 3.63) is 70.3 Å². The molecule has 0 unspecified atom stereocenters. The molecule has 0 spiro atoms. The molecule has 0 radical (unpaired) electrons. The highest BCUT2D eigenvalue weighted by molar-refractivity contribution is 5.85. The lowest BCUT2D eigenvalue weighted by Crippen LogP contribution is -2.39. The molecule has 1 heterocycles. The summed E-state index contributed by atoms with van der Waals surface area (Å²) >= 11 is 0. The van der Waals surface area contributed by atoms with E-state index >= 15 is 0 Å². The number of hydrogen-bond donors (Lipinski definition) is 2. The predicted octanol–water partition coefficient (Wildman–Crippen LogP) is 6.59. The fraction of sp³-hybridized carbons (Fsp3) is 0.485. The van der Waals surface area contributed by atoms with Gasteiger partial charge in [0.25, 0.3) is 0 Å². The van der Waals surface area contributed by atoms with Crippen molar-refractivity contribution in [1.29, 1.82) is 0 Å². The molecule has 0 aliphatic heterocycles. The second-order valence-corrected chi connectivity index (χ2v) is 12.3. The van der Waals surface area contributed by atoms with Gasteiger partial charge < -0.3 is 20.3 Å². The number of aryl methyl sites for hydroxylation is 1. The summed E-state index contributed by atoms with van der Waals surface area (Å²) in [5.74, 6) is 0.887. The van der Waals surface area contributed by atoms with E-state index in [1.54, 1.807) is 6.92 Å². The first-order chi connectivity index (χ1) is 22.2. The highest BCUT2D eigenvalue weighted by atomic mass is 19.4. The summed E-state index contributed by atoms with van der Waals surface area (Å²) in [5, 5.41) is 4.87. The van der Waals surface area contributed by atoms with Gasteiger partial charge in [-0.25, -0.2) is 4.98 Å². The maximum absolute atomic E-state index is 13.7. The Morgan fingerprint density at radius 3 is 2.15 bits per heavy atom. The van der Waals surface area contributed by atoms with E-state index < -0.39 is 36.0 Å². The second-order valence-electron chi connectivity index (χ2n) is 12.3. The molecule has 0 saturated heterocycles. The number of nitrogens with two attached hydrogens (primary N) is 1. The molecule has 3 N–H and O–H groups in total. The van der Waals surface area contributed by atoms with Crippen molar-refractivity contribution in [3.8, 4) is 0 Å². The molecule has 3 aromatic rings. The van der Waals surface area contributed by atoms with E-state index in [1.807, 2.05) is 31.2 Å². The van der Waals surface area contributed by atoms with Crippen LogP contribution in [-0.2, 0) is 35.0 Å². The lowest BCUT2D eigenvalue weighted by atomic mass is 10.0. The number of pyridine rings is 1. The number of anilines is 1. The van der Waals surface area contributed by atoms with Gasteiger partial charge in [-0.3, -0.25) is 10.2 Å². The molecule has 47 heavy (non-hydrogen) atoms. The molecule has 8 nitrogen and oxygen atoms in total. The van der Waals surface area contributed by atoms with Gasteiger partial charge in [0.1, 0.15) is 12.4 Å². The van der Waals surface area contributed by atoms with Crippen LogP contribution in [0.5, 0.6) is 0 Å². The number of carbonyl (C=O) groups is 1. The Balaban J connectivity index is 1.57. The largest absolute Gasteiger partial charge is 0.465 e. The van der Waals surface area contributed by atoms with Crippen LogP contribution >= 0.6 is 0 Å². The number of aromatic nitrogens is 1. The van der Waals surface area contributed by atoms with Gasteiger partial charge in [0, 0.05) is 37.1 Å². The summed E-state index contributed by atoms with van der Waals surface area (Å²) in [5.41, 5.74) is 8.19. The first-order valence-electron chi connectivity index (χ1n) is 15.6. The topological polar surface area (TPSA) is 96.1 Å². The Morgan fingerprint density at radius 1 is 0.979 bits per heavy atom. The normalized spacial score (nSPS) is 15.5. The van der Waals surface area contributed by atoms with Crippen molar-refractivity contribution in [2.45, 2.75) is 65.0 Å². The number of esters is 1. The summed E-state index contributed by atoms with van der Waals surface area (Å²) in [4.78, 5) is 20.6.